The molecule has 11 aromatic carbocycles. The molecule has 0 amide bonds. The summed E-state index contributed by atoms with van der Waals surface area (Å²) in [6, 6.07) is 87.1. The molecule has 6 nitrogen and oxygen atoms in total. The maximum Gasteiger partial charge on any atom is 0.164 e. The van der Waals surface area contributed by atoms with E-state index in [0.29, 0.717) is 17.5 Å². The van der Waals surface area contributed by atoms with Gasteiger partial charge in [-0.2, -0.15) is 0 Å². The van der Waals surface area contributed by atoms with E-state index in [0.717, 1.165) is 67.2 Å². The summed E-state index contributed by atoms with van der Waals surface area (Å²) in [5, 5.41) is 7.10. The lowest BCUT2D eigenvalue weighted by atomic mass is 9.89. The van der Waals surface area contributed by atoms with Crippen LogP contribution in [0.1, 0.15) is 0 Å². The topological polar surface area (TPSA) is 50.1 Å². The highest BCUT2D eigenvalue weighted by atomic mass is 15.3. The van der Waals surface area contributed by atoms with E-state index in [1.807, 2.05) is 18.2 Å². The van der Waals surface area contributed by atoms with E-state index in [2.05, 4.69) is 239 Å². The Bertz CT molecular complexity index is 4310. The highest BCUT2D eigenvalue weighted by Crippen LogP contribution is 2.63. The molecule has 2 aliphatic rings. The first-order valence-electron chi connectivity index (χ1n) is 24.1. The van der Waals surface area contributed by atoms with Gasteiger partial charge in [0.25, 0.3) is 0 Å². The Kier molecular flexibility index (Phi) is 8.56. The zero-order valence-electron chi connectivity index (χ0n) is 38.3. The lowest BCUT2D eigenvalue weighted by molar-refractivity contribution is 1.07. The molecule has 4 heterocycles. The second-order valence-corrected chi connectivity index (χ2v) is 18.4. The van der Waals surface area contributed by atoms with Crippen LogP contribution < -0.4 is 9.80 Å². The van der Waals surface area contributed by atoms with Crippen LogP contribution in [-0.2, 0) is 0 Å². The van der Waals surface area contributed by atoms with E-state index in [1.54, 1.807) is 0 Å². The molecule has 330 valence electrons. The Hall–Kier alpha value is -9.65. The minimum Gasteiger partial charge on any atom is -0.309 e. The molecule has 13 aromatic rings. The van der Waals surface area contributed by atoms with E-state index < -0.39 is 0 Å². The number of rotatable bonds is 5. The van der Waals surface area contributed by atoms with Gasteiger partial charge in [0.2, 0.25) is 0 Å². The van der Waals surface area contributed by atoms with Gasteiger partial charge < -0.3 is 14.4 Å². The summed E-state index contributed by atoms with van der Waals surface area (Å²) in [7, 11) is 0. The van der Waals surface area contributed by atoms with E-state index in [-0.39, 0.29) is 0 Å². The fraction of sp³-hybridized carbons (Fsp3) is 0. The average Bonchev–Trinajstić information content (AvgIpc) is 3.72. The summed E-state index contributed by atoms with van der Waals surface area (Å²) < 4.78 is 2.42. The van der Waals surface area contributed by atoms with Gasteiger partial charge in [-0.15, -0.1) is 0 Å². The fourth-order valence-electron chi connectivity index (χ4n) is 11.4. The van der Waals surface area contributed by atoms with Crippen molar-refractivity contribution < 1.29 is 0 Å². The third kappa shape index (κ3) is 5.98. The van der Waals surface area contributed by atoms with Crippen molar-refractivity contribution in [3.8, 4) is 62.1 Å². The maximum absolute atomic E-state index is 5.22. The Morgan fingerprint density at radius 2 is 0.873 bits per heavy atom. The first kappa shape index (κ1) is 39.4. The Labute approximate surface area is 409 Å². The standard InChI is InChI=1S/C65H40N6/c1-3-19-42(20-4-1)63-66-64(68-65(67-63)46-35-34-41-18-7-8-21-43(41)38-46)45-23-17-26-48(39-45)70-53-31-14-13-30-52(53)61-56(70)36-37-57-60(61)51-29-12-11-28-50(51)59-49-27-10-9-22-44(49)40-58-62(59)71(57)55-33-16-15-32-54(55)69(58)47-24-5-2-6-25-47/h1-40H. The highest BCUT2D eigenvalue weighted by Gasteiger charge is 2.38. The predicted octanol–water partition coefficient (Wildman–Crippen LogP) is 17.2. The van der Waals surface area contributed by atoms with Gasteiger partial charge in [-0.05, 0) is 99.4 Å². The molecule has 15 rings (SSSR count). The average molecular weight is 905 g/mol. The molecule has 0 fully saturated rings. The molecule has 0 saturated heterocycles. The summed E-state index contributed by atoms with van der Waals surface area (Å²) in [6.07, 6.45) is 0. The quantitative estimate of drug-likeness (QED) is 0.172. The molecule has 2 aromatic heterocycles. The third-order valence-electron chi connectivity index (χ3n) is 14.4. The van der Waals surface area contributed by atoms with Gasteiger partial charge in [0, 0.05) is 50.0 Å². The van der Waals surface area contributed by atoms with E-state index >= 15 is 0 Å². The van der Waals surface area contributed by atoms with Crippen LogP contribution in [0.5, 0.6) is 0 Å². The summed E-state index contributed by atoms with van der Waals surface area (Å²) in [6.45, 7) is 0. The molecule has 2 aliphatic heterocycles. The Morgan fingerprint density at radius 3 is 1.66 bits per heavy atom. The van der Waals surface area contributed by atoms with Crippen LogP contribution in [0.2, 0.25) is 0 Å². The molecular formula is C65H40N6. The van der Waals surface area contributed by atoms with Crippen molar-refractivity contribution in [2.24, 2.45) is 0 Å². The molecule has 0 atom stereocenters. The molecule has 0 spiro atoms. The van der Waals surface area contributed by atoms with Gasteiger partial charge in [-0.25, -0.2) is 15.0 Å². The van der Waals surface area contributed by atoms with Gasteiger partial charge in [-0.1, -0.05) is 176 Å². The van der Waals surface area contributed by atoms with Gasteiger partial charge in [0.15, 0.2) is 17.5 Å². The van der Waals surface area contributed by atoms with Gasteiger partial charge >= 0.3 is 0 Å². The van der Waals surface area contributed by atoms with Crippen LogP contribution in [0.25, 0.3) is 105 Å². The summed E-state index contributed by atoms with van der Waals surface area (Å²) >= 11 is 0. The number of hydrogen-bond acceptors (Lipinski definition) is 5. The second-order valence-electron chi connectivity index (χ2n) is 18.4. The van der Waals surface area contributed by atoms with Crippen molar-refractivity contribution in [3.63, 3.8) is 0 Å². The fourth-order valence-corrected chi connectivity index (χ4v) is 11.4. The zero-order chi connectivity index (χ0) is 46.6. The number of hydrogen-bond donors (Lipinski definition) is 0. The molecule has 0 saturated carbocycles. The van der Waals surface area contributed by atoms with Crippen molar-refractivity contribution in [1.82, 2.24) is 19.5 Å². The first-order valence-corrected chi connectivity index (χ1v) is 24.1. The van der Waals surface area contributed by atoms with Crippen LogP contribution >= 0.6 is 0 Å². The number of fused-ring (bicyclic) bond motifs is 14. The van der Waals surface area contributed by atoms with Crippen molar-refractivity contribution >= 4 is 77.5 Å². The molecule has 0 bridgehead atoms. The molecule has 0 unspecified atom stereocenters. The van der Waals surface area contributed by atoms with Gasteiger partial charge in [-0.3, -0.25) is 0 Å². The van der Waals surface area contributed by atoms with E-state index in [1.165, 1.54) is 54.9 Å². The van der Waals surface area contributed by atoms with Crippen LogP contribution in [0.4, 0.5) is 34.1 Å². The second kappa shape index (κ2) is 15.4. The predicted molar refractivity (Wildman–Crippen MR) is 293 cm³/mol. The lowest BCUT2D eigenvalue weighted by Crippen LogP contribution is -2.24. The minimum atomic E-state index is 0.613. The summed E-state index contributed by atoms with van der Waals surface area (Å²) in [4.78, 5) is 20.5. The SMILES string of the molecule is c1ccc(-c2nc(-c3cccc(-n4c5ccccc5c5c6c(ccc54)N4c5ccccc5N(c5ccccc5)c5cc7ccccc7c(c54)-c4ccccc4-6)c3)nc(-c3ccc4ccccc4c3)n2)cc1. The molecule has 71 heavy (non-hydrogen) atoms. The lowest BCUT2D eigenvalue weighted by Gasteiger charge is -2.41. The van der Waals surface area contributed by atoms with Crippen LogP contribution in [0.15, 0.2) is 243 Å². The number of anilines is 6. The van der Waals surface area contributed by atoms with Crippen molar-refractivity contribution in [3.05, 3.63) is 243 Å². The van der Waals surface area contributed by atoms with Crippen LogP contribution in [-0.4, -0.2) is 19.5 Å². The number of benzene rings is 11. The molecular weight excluding hydrogens is 865 g/mol. The van der Waals surface area contributed by atoms with E-state index in [4.69, 9.17) is 15.0 Å². The molecule has 0 radical (unpaired) electrons. The Morgan fingerprint density at radius 1 is 0.296 bits per heavy atom. The number of nitrogens with zero attached hydrogens (tertiary/aromatic N) is 6. The monoisotopic (exact) mass is 904 g/mol. The maximum atomic E-state index is 5.22. The number of aromatic nitrogens is 4. The normalized spacial score (nSPS) is 12.5. The molecule has 0 aliphatic carbocycles. The van der Waals surface area contributed by atoms with Crippen molar-refractivity contribution in [2.75, 3.05) is 9.80 Å². The molecule has 6 heteroatoms. The largest absolute Gasteiger partial charge is 0.309 e. The highest BCUT2D eigenvalue weighted by molar-refractivity contribution is 6.25. The zero-order valence-corrected chi connectivity index (χ0v) is 38.3. The van der Waals surface area contributed by atoms with Gasteiger partial charge in [0.1, 0.15) is 0 Å². The van der Waals surface area contributed by atoms with Gasteiger partial charge in [0.05, 0.1) is 39.5 Å². The molecule has 0 N–H and O–H groups in total. The smallest absolute Gasteiger partial charge is 0.164 e. The summed E-state index contributed by atoms with van der Waals surface area (Å²) in [5.74, 6) is 1.87. The third-order valence-corrected chi connectivity index (χ3v) is 14.4. The minimum absolute atomic E-state index is 0.613. The first-order chi connectivity index (χ1) is 35.2. The van der Waals surface area contributed by atoms with Crippen LogP contribution in [0, 0.1) is 0 Å². The van der Waals surface area contributed by atoms with Crippen molar-refractivity contribution in [2.45, 2.75) is 0 Å². The Balaban J connectivity index is 0.980. The number of para-hydroxylation sites is 4. The van der Waals surface area contributed by atoms with Crippen LogP contribution in [0.3, 0.4) is 0 Å². The summed E-state index contributed by atoms with van der Waals surface area (Å²) in [5.41, 5.74) is 17.7. The van der Waals surface area contributed by atoms with Crippen molar-refractivity contribution in [1.29, 1.82) is 0 Å². The van der Waals surface area contributed by atoms with E-state index in [9.17, 15) is 0 Å².